The van der Waals surface area contributed by atoms with Gasteiger partial charge in [0.05, 0.1) is 11.6 Å². The number of pyridine rings is 1. The van der Waals surface area contributed by atoms with Crippen molar-refractivity contribution in [3.05, 3.63) is 24.0 Å². The molecule has 1 saturated heterocycles. The van der Waals surface area contributed by atoms with Crippen LogP contribution in [0.25, 0.3) is 0 Å². The number of hydrogen-bond acceptors (Lipinski definition) is 5. The summed E-state index contributed by atoms with van der Waals surface area (Å²) in [6.45, 7) is 3.91. The van der Waals surface area contributed by atoms with Gasteiger partial charge in [0, 0.05) is 24.6 Å². The van der Waals surface area contributed by atoms with Gasteiger partial charge in [0.15, 0.2) is 0 Å². The molecule has 114 valence electrons. The Balaban J connectivity index is 2.27. The first-order valence-electron chi connectivity index (χ1n) is 6.58. The predicted molar refractivity (Wildman–Crippen MR) is 77.0 cm³/mol. The van der Waals surface area contributed by atoms with Gasteiger partial charge in [-0.3, -0.25) is 4.98 Å². The fourth-order valence-corrected chi connectivity index (χ4v) is 3.59. The van der Waals surface area contributed by atoms with Crippen LogP contribution in [0.15, 0.2) is 23.4 Å². The highest BCUT2D eigenvalue weighted by Crippen LogP contribution is 2.27. The molecule has 1 aliphatic rings. The van der Waals surface area contributed by atoms with Crippen molar-refractivity contribution in [3.8, 4) is 11.8 Å². The zero-order valence-electron chi connectivity index (χ0n) is 12.0. The highest BCUT2D eigenvalue weighted by molar-refractivity contribution is 7.89. The van der Waals surface area contributed by atoms with E-state index in [2.05, 4.69) is 21.5 Å². The highest BCUT2D eigenvalue weighted by Gasteiger charge is 2.40. The van der Waals surface area contributed by atoms with Crippen molar-refractivity contribution in [2.75, 3.05) is 13.2 Å². The molecule has 1 aliphatic heterocycles. The van der Waals surface area contributed by atoms with Gasteiger partial charge in [-0.15, -0.1) is 0 Å². The summed E-state index contributed by atoms with van der Waals surface area (Å²) in [5, 5.41) is 8.67. The van der Waals surface area contributed by atoms with Crippen LogP contribution >= 0.6 is 0 Å². The van der Waals surface area contributed by atoms with Gasteiger partial charge in [-0.1, -0.05) is 11.8 Å². The molecule has 0 radical (unpaired) electrons. The summed E-state index contributed by atoms with van der Waals surface area (Å²) in [4.78, 5) is 3.93. The van der Waals surface area contributed by atoms with Crippen LogP contribution in [0, 0.1) is 11.8 Å². The van der Waals surface area contributed by atoms with Crippen molar-refractivity contribution >= 4 is 10.0 Å². The first-order chi connectivity index (χ1) is 9.87. The molecule has 0 aliphatic carbocycles. The molecule has 2 heterocycles. The summed E-state index contributed by atoms with van der Waals surface area (Å²) in [7, 11) is -3.71. The van der Waals surface area contributed by atoms with E-state index in [1.807, 2.05) is 13.8 Å². The van der Waals surface area contributed by atoms with Gasteiger partial charge in [-0.05, 0) is 26.3 Å². The zero-order valence-corrected chi connectivity index (χ0v) is 12.8. The highest BCUT2D eigenvalue weighted by atomic mass is 32.2. The summed E-state index contributed by atoms with van der Waals surface area (Å²) < 4.78 is 33.0. The molecule has 2 rings (SSSR count). The summed E-state index contributed by atoms with van der Waals surface area (Å²) in [5.41, 5.74) is -0.196. The van der Waals surface area contributed by atoms with Gasteiger partial charge in [0.1, 0.15) is 11.5 Å². The molecule has 0 amide bonds. The summed E-state index contributed by atoms with van der Waals surface area (Å²) in [6, 6.07) is 1.43. The Labute approximate surface area is 124 Å². The van der Waals surface area contributed by atoms with Gasteiger partial charge in [0.2, 0.25) is 10.0 Å². The average molecular weight is 310 g/mol. The molecule has 21 heavy (non-hydrogen) atoms. The lowest BCUT2D eigenvalue weighted by Gasteiger charge is -2.28. The van der Waals surface area contributed by atoms with E-state index < -0.39 is 15.6 Å². The maximum absolute atomic E-state index is 12.5. The molecule has 1 aromatic rings. The number of hydrogen-bond donors (Lipinski definition) is 2. The average Bonchev–Trinajstić information content (AvgIpc) is 2.75. The van der Waals surface area contributed by atoms with E-state index in [0.29, 0.717) is 18.6 Å². The van der Waals surface area contributed by atoms with Gasteiger partial charge in [-0.25, -0.2) is 13.1 Å². The molecular weight excluding hydrogens is 292 g/mol. The van der Waals surface area contributed by atoms with Crippen LogP contribution < -0.4 is 4.72 Å². The first kappa shape index (κ1) is 15.9. The van der Waals surface area contributed by atoms with E-state index in [0.717, 1.165) is 0 Å². The minimum absolute atomic E-state index is 0.0487. The number of rotatable bonds is 3. The fraction of sp³-hybridized carbons (Fsp3) is 0.500. The second-order valence-electron chi connectivity index (χ2n) is 5.16. The number of aliphatic hydroxyl groups excluding tert-OH is 1. The van der Waals surface area contributed by atoms with E-state index in [9.17, 15) is 8.42 Å². The Hall–Kier alpha value is -1.46. The third kappa shape index (κ3) is 3.60. The third-order valence-corrected chi connectivity index (χ3v) is 5.17. The maximum atomic E-state index is 12.5. The van der Waals surface area contributed by atoms with Crippen LogP contribution in [0.2, 0.25) is 0 Å². The van der Waals surface area contributed by atoms with E-state index in [1.54, 1.807) is 0 Å². The summed E-state index contributed by atoms with van der Waals surface area (Å²) >= 11 is 0. The van der Waals surface area contributed by atoms with Crippen molar-refractivity contribution in [2.24, 2.45) is 0 Å². The van der Waals surface area contributed by atoms with Crippen molar-refractivity contribution < 1.29 is 18.3 Å². The summed E-state index contributed by atoms with van der Waals surface area (Å²) in [6.07, 6.45) is 3.14. The van der Waals surface area contributed by atoms with Crippen LogP contribution in [0.5, 0.6) is 0 Å². The molecule has 0 spiro atoms. The van der Waals surface area contributed by atoms with Gasteiger partial charge < -0.3 is 9.84 Å². The monoisotopic (exact) mass is 310 g/mol. The number of aliphatic hydroxyl groups is 1. The minimum Gasteiger partial charge on any atom is -0.384 e. The molecule has 0 aromatic carbocycles. The van der Waals surface area contributed by atoms with Crippen molar-refractivity contribution in [1.29, 1.82) is 0 Å². The molecule has 6 nitrogen and oxygen atoms in total. The van der Waals surface area contributed by atoms with Crippen molar-refractivity contribution in [2.45, 2.75) is 36.8 Å². The summed E-state index contributed by atoms with van der Waals surface area (Å²) in [5.74, 6) is 5.10. The normalized spacial score (nSPS) is 25.4. The minimum atomic E-state index is -3.71. The standard InChI is InChI=1S/C14H18N2O4S/c1-11-14(2,5-7-20-11)16-21(18,19)13-8-12(4-3-6-17)9-15-10-13/h8-11,16-17H,5-7H2,1-2H3. The maximum Gasteiger partial charge on any atom is 0.242 e. The Morgan fingerprint density at radius 1 is 1.57 bits per heavy atom. The predicted octanol–water partition coefficient (Wildman–Crippen LogP) is 0.271. The van der Waals surface area contributed by atoms with Crippen LogP contribution in [0.4, 0.5) is 0 Å². The van der Waals surface area contributed by atoms with Crippen LogP contribution in [-0.2, 0) is 14.8 Å². The SMILES string of the molecule is CC1OCCC1(C)NS(=O)(=O)c1cncc(C#CCO)c1. The molecule has 2 unspecified atom stereocenters. The quantitative estimate of drug-likeness (QED) is 0.783. The Morgan fingerprint density at radius 2 is 2.33 bits per heavy atom. The molecular formula is C14H18N2O4S. The number of aromatic nitrogens is 1. The lowest BCUT2D eigenvalue weighted by molar-refractivity contribution is 0.0957. The topological polar surface area (TPSA) is 88.5 Å². The molecule has 1 aromatic heterocycles. The van der Waals surface area contributed by atoms with Crippen molar-refractivity contribution in [3.63, 3.8) is 0 Å². The molecule has 7 heteroatoms. The first-order valence-corrected chi connectivity index (χ1v) is 8.06. The second kappa shape index (κ2) is 6.12. The largest absolute Gasteiger partial charge is 0.384 e. The number of sulfonamides is 1. The van der Waals surface area contributed by atoms with Gasteiger partial charge in [-0.2, -0.15) is 0 Å². The Kier molecular flexibility index (Phi) is 4.64. The molecule has 2 atom stereocenters. The number of ether oxygens (including phenoxy) is 1. The third-order valence-electron chi connectivity index (χ3n) is 3.59. The van der Waals surface area contributed by atoms with E-state index in [-0.39, 0.29) is 17.6 Å². The van der Waals surface area contributed by atoms with Crippen LogP contribution in [0.1, 0.15) is 25.8 Å². The zero-order chi connectivity index (χ0) is 15.5. The molecule has 1 fully saturated rings. The molecule has 0 saturated carbocycles. The van der Waals surface area contributed by atoms with Gasteiger partial charge >= 0.3 is 0 Å². The van der Waals surface area contributed by atoms with E-state index in [4.69, 9.17) is 9.84 Å². The smallest absolute Gasteiger partial charge is 0.242 e. The number of nitrogens with one attached hydrogen (secondary N) is 1. The van der Waals surface area contributed by atoms with E-state index >= 15 is 0 Å². The molecule has 0 bridgehead atoms. The Bertz CT molecular complexity index is 678. The Morgan fingerprint density at radius 3 is 2.95 bits per heavy atom. The van der Waals surface area contributed by atoms with E-state index in [1.165, 1.54) is 18.5 Å². The lowest BCUT2D eigenvalue weighted by Crippen LogP contribution is -2.50. The van der Waals surface area contributed by atoms with Crippen LogP contribution in [0.3, 0.4) is 0 Å². The second-order valence-corrected chi connectivity index (χ2v) is 6.84. The van der Waals surface area contributed by atoms with Gasteiger partial charge in [0.25, 0.3) is 0 Å². The molecule has 2 N–H and O–H groups in total. The number of nitrogens with zero attached hydrogens (tertiary/aromatic N) is 1. The van der Waals surface area contributed by atoms with Crippen LogP contribution in [-0.4, -0.2) is 43.4 Å². The lowest BCUT2D eigenvalue weighted by atomic mass is 9.97. The fourth-order valence-electron chi connectivity index (χ4n) is 2.11. The van der Waals surface area contributed by atoms with Crippen molar-refractivity contribution in [1.82, 2.24) is 9.71 Å².